The molecule has 3 aromatic rings. The van der Waals surface area contributed by atoms with Crippen LogP contribution in [0.1, 0.15) is 5.56 Å². The number of hydrogen-bond acceptors (Lipinski definition) is 8. The van der Waals surface area contributed by atoms with Gasteiger partial charge >= 0.3 is 5.97 Å². The van der Waals surface area contributed by atoms with Crippen molar-refractivity contribution in [2.75, 3.05) is 24.0 Å². The van der Waals surface area contributed by atoms with E-state index in [0.29, 0.717) is 22.4 Å². The molecule has 0 fully saturated rings. The monoisotopic (exact) mass is 413 g/mol. The molecule has 3 rings (SSSR count). The summed E-state index contributed by atoms with van der Waals surface area (Å²) in [6.07, 6.45) is 3.40. The van der Waals surface area contributed by atoms with Crippen molar-refractivity contribution in [1.29, 1.82) is 0 Å². The van der Waals surface area contributed by atoms with Crippen LogP contribution in [0.5, 0.6) is 11.5 Å². The summed E-state index contributed by atoms with van der Waals surface area (Å²) in [7, 11) is 1.53. The number of carbonyl (C=O) groups excluding carboxylic acids is 1. The summed E-state index contributed by atoms with van der Waals surface area (Å²) in [5, 5.41) is 4.93. The third-order valence-corrected chi connectivity index (χ3v) is 5.39. The average molecular weight is 414 g/mol. The number of thiazole rings is 1. The molecular formula is C20H19N3O3S2. The topological polar surface area (TPSA) is 72.8 Å². The molecule has 0 atom stereocenters. The molecular weight excluding hydrogens is 394 g/mol. The van der Waals surface area contributed by atoms with Gasteiger partial charge in [0.05, 0.1) is 29.3 Å². The fourth-order valence-electron chi connectivity index (χ4n) is 2.31. The maximum absolute atomic E-state index is 11.9. The molecule has 28 heavy (non-hydrogen) atoms. The van der Waals surface area contributed by atoms with Crippen molar-refractivity contribution >= 4 is 50.6 Å². The van der Waals surface area contributed by atoms with Gasteiger partial charge in [0, 0.05) is 5.75 Å². The van der Waals surface area contributed by atoms with Gasteiger partial charge in [0.15, 0.2) is 11.5 Å². The van der Waals surface area contributed by atoms with E-state index in [0.717, 1.165) is 15.8 Å². The number of anilines is 1. The molecule has 1 aromatic heterocycles. The van der Waals surface area contributed by atoms with Crippen LogP contribution in [0, 0.1) is 0 Å². The van der Waals surface area contributed by atoms with Gasteiger partial charge in [-0.25, -0.2) is 4.98 Å². The molecule has 1 heterocycles. The van der Waals surface area contributed by atoms with Crippen LogP contribution in [0.3, 0.4) is 0 Å². The van der Waals surface area contributed by atoms with E-state index in [1.165, 1.54) is 30.2 Å². The van der Waals surface area contributed by atoms with Crippen LogP contribution in [-0.2, 0) is 4.79 Å². The highest BCUT2D eigenvalue weighted by Gasteiger charge is 2.10. The summed E-state index contributed by atoms with van der Waals surface area (Å²) >= 11 is 2.97. The molecule has 0 saturated heterocycles. The number of rotatable bonds is 9. The number of thioether (sulfide) groups is 1. The third kappa shape index (κ3) is 5.34. The molecule has 144 valence electrons. The number of ether oxygens (including phenoxy) is 2. The molecule has 0 radical (unpaired) electrons. The maximum Gasteiger partial charge on any atom is 0.321 e. The largest absolute Gasteiger partial charge is 0.493 e. The minimum absolute atomic E-state index is 0.254. The summed E-state index contributed by atoms with van der Waals surface area (Å²) in [6.45, 7) is 3.62. The lowest BCUT2D eigenvalue weighted by Crippen LogP contribution is -2.11. The van der Waals surface area contributed by atoms with Gasteiger partial charge < -0.3 is 9.47 Å². The number of hydrogen-bond donors (Lipinski definition) is 1. The van der Waals surface area contributed by atoms with Gasteiger partial charge in [0.2, 0.25) is 5.13 Å². The Kier molecular flexibility index (Phi) is 7.05. The average Bonchev–Trinajstić information content (AvgIpc) is 3.12. The Bertz CT molecular complexity index is 968. The predicted molar refractivity (Wildman–Crippen MR) is 117 cm³/mol. The normalized spacial score (nSPS) is 10.9. The smallest absolute Gasteiger partial charge is 0.321 e. The van der Waals surface area contributed by atoms with Crippen LogP contribution in [-0.4, -0.2) is 35.8 Å². The van der Waals surface area contributed by atoms with Crippen molar-refractivity contribution < 1.29 is 14.3 Å². The molecule has 2 aromatic carbocycles. The van der Waals surface area contributed by atoms with Crippen molar-refractivity contribution in [3.8, 4) is 11.5 Å². The Morgan fingerprint density at radius 3 is 2.96 bits per heavy atom. The van der Waals surface area contributed by atoms with Crippen LogP contribution in [0.4, 0.5) is 5.13 Å². The summed E-state index contributed by atoms with van der Waals surface area (Å²) in [5.74, 6) is 1.46. The quantitative estimate of drug-likeness (QED) is 0.138. The Balaban J connectivity index is 1.63. The number of fused-ring (bicyclic) bond motifs is 1. The van der Waals surface area contributed by atoms with E-state index in [2.05, 4.69) is 22.1 Å². The zero-order valence-corrected chi connectivity index (χ0v) is 16.9. The van der Waals surface area contributed by atoms with Crippen molar-refractivity contribution in [3.63, 3.8) is 0 Å². The van der Waals surface area contributed by atoms with Crippen LogP contribution >= 0.6 is 23.1 Å². The van der Waals surface area contributed by atoms with Crippen molar-refractivity contribution in [2.45, 2.75) is 0 Å². The lowest BCUT2D eigenvalue weighted by molar-refractivity contribution is -0.131. The molecule has 8 heteroatoms. The number of para-hydroxylation sites is 1. The highest BCUT2D eigenvalue weighted by molar-refractivity contribution is 8.00. The summed E-state index contributed by atoms with van der Waals surface area (Å²) in [6, 6.07) is 13.1. The Morgan fingerprint density at radius 2 is 2.18 bits per heavy atom. The second kappa shape index (κ2) is 9.91. The second-order valence-corrected chi connectivity index (χ2v) is 7.61. The lowest BCUT2D eigenvalue weighted by atomic mass is 10.2. The van der Waals surface area contributed by atoms with Crippen LogP contribution in [0.2, 0.25) is 0 Å². The molecule has 0 amide bonds. The molecule has 1 N–H and O–H groups in total. The number of esters is 1. The summed E-state index contributed by atoms with van der Waals surface area (Å²) in [4.78, 5) is 16.3. The number of nitrogens with one attached hydrogen (secondary N) is 1. The zero-order chi connectivity index (χ0) is 19.8. The van der Waals surface area contributed by atoms with Gasteiger partial charge in [-0.05, 0) is 35.9 Å². The van der Waals surface area contributed by atoms with Gasteiger partial charge in [-0.3, -0.25) is 10.2 Å². The Hall–Kier alpha value is -2.84. The van der Waals surface area contributed by atoms with Crippen LogP contribution in [0.15, 0.2) is 60.2 Å². The first-order valence-electron chi connectivity index (χ1n) is 8.41. The van der Waals surface area contributed by atoms with E-state index < -0.39 is 0 Å². The van der Waals surface area contributed by atoms with E-state index in [1.807, 2.05) is 24.3 Å². The molecule has 0 saturated carbocycles. The summed E-state index contributed by atoms with van der Waals surface area (Å²) < 4.78 is 11.8. The van der Waals surface area contributed by atoms with E-state index >= 15 is 0 Å². The van der Waals surface area contributed by atoms with Crippen LogP contribution in [0.25, 0.3) is 10.2 Å². The Labute approximate surface area is 171 Å². The van der Waals surface area contributed by atoms with Crippen molar-refractivity contribution in [2.24, 2.45) is 5.10 Å². The minimum Gasteiger partial charge on any atom is -0.493 e. The Morgan fingerprint density at radius 1 is 1.32 bits per heavy atom. The molecule has 0 spiro atoms. The number of hydrazone groups is 1. The van der Waals surface area contributed by atoms with Crippen LogP contribution < -0.4 is 14.9 Å². The SMILES string of the molecule is C=CCSCC(=O)Oc1ccc(C=NNc2nc3ccccc3s2)cc1OC. The highest BCUT2D eigenvalue weighted by atomic mass is 32.2. The van der Waals surface area contributed by atoms with Gasteiger partial charge in [-0.1, -0.05) is 29.5 Å². The molecule has 6 nitrogen and oxygen atoms in total. The number of benzene rings is 2. The van der Waals surface area contributed by atoms with Gasteiger partial charge in [-0.2, -0.15) is 5.10 Å². The fraction of sp³-hybridized carbons (Fsp3) is 0.150. The predicted octanol–water partition coefficient (Wildman–Crippen LogP) is 4.58. The van der Waals surface area contributed by atoms with Crippen molar-refractivity contribution in [3.05, 3.63) is 60.7 Å². The van der Waals surface area contributed by atoms with Crippen molar-refractivity contribution in [1.82, 2.24) is 4.98 Å². The standard InChI is InChI=1S/C20H19N3O3S2/c1-3-10-27-13-19(24)26-16-9-8-14(11-17(16)25-2)12-21-23-20-22-15-6-4-5-7-18(15)28-20/h3-9,11-12H,1,10,13H2,2H3,(H,22,23). The molecule has 0 aliphatic heterocycles. The first-order chi connectivity index (χ1) is 13.7. The summed E-state index contributed by atoms with van der Waals surface area (Å²) in [5.41, 5.74) is 4.67. The van der Waals surface area contributed by atoms with E-state index in [-0.39, 0.29) is 11.7 Å². The van der Waals surface area contributed by atoms with E-state index in [9.17, 15) is 4.79 Å². The van der Waals surface area contributed by atoms with E-state index in [1.54, 1.807) is 30.5 Å². The van der Waals surface area contributed by atoms with Gasteiger partial charge in [-0.15, -0.1) is 18.3 Å². The molecule has 0 aliphatic carbocycles. The number of aromatic nitrogens is 1. The van der Waals surface area contributed by atoms with E-state index in [4.69, 9.17) is 9.47 Å². The first kappa shape index (κ1) is 19.9. The second-order valence-electron chi connectivity index (χ2n) is 5.54. The van der Waals surface area contributed by atoms with Gasteiger partial charge in [0.25, 0.3) is 0 Å². The molecule has 0 aliphatic rings. The third-order valence-electron chi connectivity index (χ3n) is 3.53. The van der Waals surface area contributed by atoms with Gasteiger partial charge in [0.1, 0.15) is 0 Å². The maximum atomic E-state index is 11.9. The number of methoxy groups -OCH3 is 1. The lowest BCUT2D eigenvalue weighted by Gasteiger charge is -2.09. The minimum atomic E-state index is -0.330. The highest BCUT2D eigenvalue weighted by Crippen LogP contribution is 2.28. The first-order valence-corrected chi connectivity index (χ1v) is 10.4. The fourth-order valence-corrected chi connectivity index (χ4v) is 3.63. The number of carbonyl (C=O) groups is 1. The zero-order valence-electron chi connectivity index (χ0n) is 15.3. The number of nitrogens with zero attached hydrogens (tertiary/aromatic N) is 2. The molecule has 0 unspecified atom stereocenters. The molecule has 0 bridgehead atoms.